The van der Waals surface area contributed by atoms with Crippen molar-refractivity contribution in [1.29, 1.82) is 0 Å². The molecule has 0 radical (unpaired) electrons. The Balaban J connectivity index is 1.62. The number of aromatic nitrogens is 1. The average Bonchev–Trinajstić information content (AvgIpc) is 3.16. The van der Waals surface area contributed by atoms with Gasteiger partial charge in [0.25, 0.3) is 5.91 Å². The molecule has 110 valence electrons. The molecule has 1 aromatic carbocycles. The molecule has 1 fully saturated rings. The van der Waals surface area contributed by atoms with E-state index in [9.17, 15) is 9.18 Å². The van der Waals surface area contributed by atoms with Gasteiger partial charge in [0.15, 0.2) is 0 Å². The quantitative estimate of drug-likeness (QED) is 0.913. The first-order chi connectivity index (χ1) is 10.2. The molecule has 4 nitrogen and oxygen atoms in total. The maximum atomic E-state index is 13.5. The fourth-order valence-electron chi connectivity index (χ4n) is 2.36. The maximum Gasteiger partial charge on any atom is 0.271 e. The van der Waals surface area contributed by atoms with Gasteiger partial charge in [0.1, 0.15) is 16.5 Å². The van der Waals surface area contributed by atoms with Crippen LogP contribution in [-0.4, -0.2) is 17.4 Å². The lowest BCUT2D eigenvalue weighted by Crippen LogP contribution is -2.24. The SMILES string of the molecule is O=C(NCc1ccccc1F)c1csc(C2CCCN2)n1. The number of rotatable bonds is 4. The number of halogens is 1. The van der Waals surface area contributed by atoms with Crippen molar-refractivity contribution in [1.82, 2.24) is 15.6 Å². The fourth-order valence-corrected chi connectivity index (χ4v) is 3.26. The van der Waals surface area contributed by atoms with Crippen molar-refractivity contribution in [3.05, 3.63) is 51.7 Å². The van der Waals surface area contributed by atoms with Gasteiger partial charge in [0.2, 0.25) is 0 Å². The Morgan fingerprint density at radius 3 is 3.10 bits per heavy atom. The summed E-state index contributed by atoms with van der Waals surface area (Å²) in [6.45, 7) is 1.17. The second kappa shape index (κ2) is 6.32. The van der Waals surface area contributed by atoms with Crippen molar-refractivity contribution in [2.45, 2.75) is 25.4 Å². The third kappa shape index (κ3) is 3.28. The number of carbonyl (C=O) groups excluding carboxylic acids is 1. The molecule has 1 aliphatic rings. The summed E-state index contributed by atoms with van der Waals surface area (Å²) in [5.74, 6) is -0.578. The molecule has 1 saturated heterocycles. The molecule has 0 aliphatic carbocycles. The third-order valence-corrected chi connectivity index (χ3v) is 4.47. The van der Waals surface area contributed by atoms with Crippen LogP contribution in [0.5, 0.6) is 0 Å². The average molecular weight is 305 g/mol. The van der Waals surface area contributed by atoms with Gasteiger partial charge in [-0.1, -0.05) is 18.2 Å². The topological polar surface area (TPSA) is 54.0 Å². The normalized spacial score (nSPS) is 17.9. The van der Waals surface area contributed by atoms with Crippen LogP contribution in [0.4, 0.5) is 4.39 Å². The molecule has 1 aliphatic heterocycles. The highest BCUT2D eigenvalue weighted by atomic mass is 32.1. The van der Waals surface area contributed by atoms with E-state index in [1.807, 2.05) is 0 Å². The van der Waals surface area contributed by atoms with Gasteiger partial charge < -0.3 is 10.6 Å². The Kier molecular flexibility index (Phi) is 4.26. The molecule has 2 aromatic rings. The first kappa shape index (κ1) is 14.2. The molecule has 0 saturated carbocycles. The van der Waals surface area contributed by atoms with Crippen LogP contribution in [0.2, 0.25) is 0 Å². The van der Waals surface area contributed by atoms with Gasteiger partial charge in [0.05, 0.1) is 6.04 Å². The van der Waals surface area contributed by atoms with E-state index in [1.165, 1.54) is 17.4 Å². The lowest BCUT2D eigenvalue weighted by molar-refractivity contribution is 0.0946. The number of thiazole rings is 1. The number of nitrogens with one attached hydrogen (secondary N) is 2. The predicted molar refractivity (Wildman–Crippen MR) is 79.7 cm³/mol. The maximum absolute atomic E-state index is 13.5. The Labute approximate surface area is 126 Å². The fraction of sp³-hybridized carbons (Fsp3) is 0.333. The molecule has 21 heavy (non-hydrogen) atoms. The lowest BCUT2D eigenvalue weighted by Gasteiger charge is -2.05. The minimum atomic E-state index is -0.313. The van der Waals surface area contributed by atoms with Crippen molar-refractivity contribution in [2.24, 2.45) is 0 Å². The summed E-state index contributed by atoms with van der Waals surface area (Å²) in [6, 6.07) is 6.68. The Morgan fingerprint density at radius 1 is 1.48 bits per heavy atom. The van der Waals surface area contributed by atoms with E-state index in [1.54, 1.807) is 23.6 Å². The molecule has 3 rings (SSSR count). The molecule has 1 aromatic heterocycles. The molecule has 1 amide bonds. The minimum Gasteiger partial charge on any atom is -0.346 e. The smallest absolute Gasteiger partial charge is 0.271 e. The largest absolute Gasteiger partial charge is 0.346 e. The van der Waals surface area contributed by atoms with Gasteiger partial charge >= 0.3 is 0 Å². The summed E-state index contributed by atoms with van der Waals surface area (Å²) in [4.78, 5) is 16.4. The van der Waals surface area contributed by atoms with Crippen LogP contribution < -0.4 is 10.6 Å². The molecule has 0 bridgehead atoms. The van der Waals surface area contributed by atoms with Crippen LogP contribution >= 0.6 is 11.3 Å². The summed E-state index contributed by atoms with van der Waals surface area (Å²) in [5, 5.41) is 8.77. The highest BCUT2D eigenvalue weighted by Crippen LogP contribution is 2.25. The van der Waals surface area contributed by atoms with Crippen LogP contribution in [0, 0.1) is 5.82 Å². The third-order valence-electron chi connectivity index (χ3n) is 3.51. The van der Waals surface area contributed by atoms with Crippen LogP contribution in [0.25, 0.3) is 0 Å². The lowest BCUT2D eigenvalue weighted by atomic mass is 10.2. The Hall–Kier alpha value is -1.79. The first-order valence-corrected chi connectivity index (χ1v) is 7.82. The van der Waals surface area contributed by atoms with Gasteiger partial charge in [-0.05, 0) is 25.5 Å². The van der Waals surface area contributed by atoms with Crippen molar-refractivity contribution < 1.29 is 9.18 Å². The van der Waals surface area contributed by atoms with E-state index in [-0.39, 0.29) is 24.3 Å². The van der Waals surface area contributed by atoms with E-state index in [4.69, 9.17) is 0 Å². The molecular formula is C15H16FN3OS. The highest BCUT2D eigenvalue weighted by Gasteiger charge is 2.21. The van der Waals surface area contributed by atoms with Crippen LogP contribution in [0.3, 0.4) is 0 Å². The van der Waals surface area contributed by atoms with Gasteiger partial charge in [-0.3, -0.25) is 4.79 Å². The number of amides is 1. The Morgan fingerprint density at radius 2 is 2.33 bits per heavy atom. The van der Waals surface area contributed by atoms with E-state index in [0.29, 0.717) is 11.3 Å². The minimum absolute atomic E-state index is 0.167. The van der Waals surface area contributed by atoms with Crippen molar-refractivity contribution in [3.8, 4) is 0 Å². The van der Waals surface area contributed by atoms with Crippen molar-refractivity contribution >= 4 is 17.2 Å². The standard InChI is InChI=1S/C15H16FN3OS/c16-11-5-2-1-4-10(11)8-18-14(20)13-9-21-15(19-13)12-6-3-7-17-12/h1-2,4-5,9,12,17H,3,6-8H2,(H,18,20). The first-order valence-electron chi connectivity index (χ1n) is 6.94. The molecule has 1 atom stereocenters. The summed E-state index contributed by atoms with van der Waals surface area (Å²) < 4.78 is 13.5. The molecule has 6 heteroatoms. The molecule has 2 N–H and O–H groups in total. The summed E-state index contributed by atoms with van der Waals surface area (Å²) >= 11 is 1.49. The van der Waals surface area contributed by atoms with Gasteiger partial charge in [-0.2, -0.15) is 0 Å². The number of carbonyl (C=O) groups is 1. The predicted octanol–water partition coefficient (Wildman–Crippen LogP) is 2.64. The second-order valence-corrected chi connectivity index (χ2v) is 5.88. The van der Waals surface area contributed by atoms with E-state index >= 15 is 0 Å². The molecule has 0 spiro atoms. The monoisotopic (exact) mass is 305 g/mol. The van der Waals surface area contributed by atoms with E-state index < -0.39 is 0 Å². The zero-order chi connectivity index (χ0) is 14.7. The molecule has 1 unspecified atom stereocenters. The van der Waals surface area contributed by atoms with E-state index in [2.05, 4.69) is 15.6 Å². The molecular weight excluding hydrogens is 289 g/mol. The number of hydrogen-bond donors (Lipinski definition) is 2. The number of benzene rings is 1. The van der Waals surface area contributed by atoms with Crippen molar-refractivity contribution in [2.75, 3.05) is 6.54 Å². The van der Waals surface area contributed by atoms with Crippen LogP contribution in [-0.2, 0) is 6.54 Å². The summed E-state index contributed by atoms with van der Waals surface area (Å²) in [7, 11) is 0. The zero-order valence-corrected chi connectivity index (χ0v) is 12.3. The number of nitrogens with zero attached hydrogens (tertiary/aromatic N) is 1. The highest BCUT2D eigenvalue weighted by molar-refractivity contribution is 7.09. The van der Waals surface area contributed by atoms with Gasteiger partial charge in [-0.25, -0.2) is 9.37 Å². The molecule has 2 heterocycles. The van der Waals surface area contributed by atoms with Crippen LogP contribution in [0.15, 0.2) is 29.6 Å². The summed E-state index contributed by atoms with van der Waals surface area (Å²) in [6.07, 6.45) is 2.20. The van der Waals surface area contributed by atoms with Crippen molar-refractivity contribution in [3.63, 3.8) is 0 Å². The van der Waals surface area contributed by atoms with Gasteiger partial charge in [-0.15, -0.1) is 11.3 Å². The van der Waals surface area contributed by atoms with E-state index in [0.717, 1.165) is 24.4 Å². The Bertz CT molecular complexity index is 637. The van der Waals surface area contributed by atoms with Gasteiger partial charge in [0, 0.05) is 17.5 Å². The zero-order valence-electron chi connectivity index (χ0n) is 11.4. The number of hydrogen-bond acceptors (Lipinski definition) is 4. The second-order valence-electron chi connectivity index (χ2n) is 4.99. The van der Waals surface area contributed by atoms with Crippen LogP contribution in [0.1, 0.15) is 39.9 Å². The summed E-state index contributed by atoms with van der Waals surface area (Å²) in [5.41, 5.74) is 0.874.